The summed E-state index contributed by atoms with van der Waals surface area (Å²) in [4.78, 5) is 20.9. The zero-order valence-electron chi connectivity index (χ0n) is 7.61. The number of alkyl halides is 2. The number of hydrogen-bond donors (Lipinski definition) is 2. The third-order valence-corrected chi connectivity index (χ3v) is 2.69. The van der Waals surface area contributed by atoms with Crippen LogP contribution in [0, 0.1) is 0 Å². The highest BCUT2D eigenvalue weighted by Crippen LogP contribution is 2.07. The zero-order chi connectivity index (χ0) is 12.2. The third kappa shape index (κ3) is 4.68. The maximum Gasteiger partial charge on any atom is 0.336 e. The second-order valence-electron chi connectivity index (χ2n) is 2.68. The lowest BCUT2D eigenvalue weighted by atomic mass is 10.3. The summed E-state index contributed by atoms with van der Waals surface area (Å²) >= 11 is 0. The number of rotatable bonds is 5. The van der Waals surface area contributed by atoms with Gasteiger partial charge in [0.25, 0.3) is 0 Å². The van der Waals surface area contributed by atoms with Gasteiger partial charge in [0.1, 0.15) is 6.04 Å². The number of amides is 1. The van der Waals surface area contributed by atoms with Gasteiger partial charge >= 0.3 is 11.7 Å². The number of nitrogens with one attached hydrogen (secondary N) is 1. The molecule has 0 saturated carbocycles. The summed E-state index contributed by atoms with van der Waals surface area (Å²) in [6.07, 6.45) is 0. The van der Waals surface area contributed by atoms with Crippen LogP contribution in [0.2, 0.25) is 0 Å². The number of carbonyl (C=O) groups is 2. The molecule has 1 unspecified atom stereocenters. The van der Waals surface area contributed by atoms with Gasteiger partial charge in [-0.1, -0.05) is 0 Å². The number of carboxylic acid groups (broad SMARTS) is 1. The Bertz CT molecular complexity index is 353. The number of sulfone groups is 1. The van der Waals surface area contributed by atoms with Gasteiger partial charge in [-0.2, -0.15) is 8.78 Å². The van der Waals surface area contributed by atoms with E-state index in [2.05, 4.69) is 0 Å². The molecule has 0 radical (unpaired) electrons. The third-order valence-electron chi connectivity index (χ3n) is 1.35. The highest BCUT2D eigenvalue weighted by Gasteiger charge is 2.32. The molecule has 0 aliphatic carbocycles. The fraction of sp³-hybridized carbons (Fsp3) is 0.667. The van der Waals surface area contributed by atoms with E-state index in [1.165, 1.54) is 0 Å². The average Bonchev–Trinajstić information content (AvgIpc) is 2.01. The highest BCUT2D eigenvalue weighted by molar-refractivity contribution is 7.91. The minimum atomic E-state index is -4.82. The van der Waals surface area contributed by atoms with E-state index in [0.29, 0.717) is 0 Å². The van der Waals surface area contributed by atoms with E-state index >= 15 is 0 Å². The molecule has 0 heterocycles. The SMILES string of the molecule is CC(=O)NC(CS(=O)(=O)C(F)F)C(=O)O. The first kappa shape index (κ1) is 13.8. The summed E-state index contributed by atoms with van der Waals surface area (Å²) < 4.78 is 45.1. The van der Waals surface area contributed by atoms with E-state index in [-0.39, 0.29) is 0 Å². The van der Waals surface area contributed by atoms with Gasteiger partial charge in [-0.05, 0) is 0 Å². The molecular formula is C6H9F2NO5S. The molecule has 0 saturated heterocycles. The molecule has 1 amide bonds. The van der Waals surface area contributed by atoms with Crippen molar-refractivity contribution in [3.05, 3.63) is 0 Å². The van der Waals surface area contributed by atoms with Crippen LogP contribution < -0.4 is 5.32 Å². The molecule has 9 heteroatoms. The Hall–Kier alpha value is -1.25. The topological polar surface area (TPSA) is 101 Å². The molecule has 0 aromatic carbocycles. The quantitative estimate of drug-likeness (QED) is 0.661. The van der Waals surface area contributed by atoms with Gasteiger partial charge in [0.05, 0.1) is 5.75 Å². The highest BCUT2D eigenvalue weighted by atomic mass is 32.2. The van der Waals surface area contributed by atoms with Gasteiger partial charge in [0, 0.05) is 6.92 Å². The molecule has 0 aliphatic rings. The van der Waals surface area contributed by atoms with Crippen molar-refractivity contribution >= 4 is 21.7 Å². The fourth-order valence-electron chi connectivity index (χ4n) is 0.725. The van der Waals surface area contributed by atoms with Crippen molar-refractivity contribution < 1.29 is 31.9 Å². The van der Waals surface area contributed by atoms with Crippen molar-refractivity contribution in [1.29, 1.82) is 0 Å². The fourth-order valence-corrected chi connectivity index (χ4v) is 1.56. The Kier molecular flexibility index (Phi) is 4.59. The molecule has 2 N–H and O–H groups in total. The van der Waals surface area contributed by atoms with Gasteiger partial charge < -0.3 is 10.4 Å². The molecule has 1 atom stereocenters. The van der Waals surface area contributed by atoms with E-state index in [1.807, 2.05) is 0 Å². The Labute approximate surface area is 84.2 Å². The molecule has 6 nitrogen and oxygen atoms in total. The van der Waals surface area contributed by atoms with Crippen molar-refractivity contribution in [3.63, 3.8) is 0 Å². The molecule has 0 spiro atoms. The predicted octanol–water partition coefficient (Wildman–Crippen LogP) is -0.787. The van der Waals surface area contributed by atoms with Crippen molar-refractivity contribution in [2.45, 2.75) is 18.7 Å². The Morgan fingerprint density at radius 2 is 1.87 bits per heavy atom. The monoisotopic (exact) mass is 245 g/mol. The standard InChI is InChI=1S/C6H9F2NO5S/c1-3(10)9-4(5(11)12)2-15(13,14)6(7)8/h4,6H,2H2,1H3,(H,9,10)(H,11,12). The lowest BCUT2D eigenvalue weighted by molar-refractivity contribution is -0.140. The molecule has 15 heavy (non-hydrogen) atoms. The lowest BCUT2D eigenvalue weighted by Crippen LogP contribution is -2.45. The Balaban J connectivity index is 4.70. The van der Waals surface area contributed by atoms with Gasteiger partial charge in [-0.25, -0.2) is 13.2 Å². The van der Waals surface area contributed by atoms with Crippen LogP contribution in [0.3, 0.4) is 0 Å². The maximum absolute atomic E-state index is 11.9. The van der Waals surface area contributed by atoms with Crippen molar-refractivity contribution in [2.75, 3.05) is 5.75 Å². The maximum atomic E-state index is 11.9. The first-order chi connectivity index (χ1) is 6.66. The van der Waals surface area contributed by atoms with Gasteiger partial charge in [-0.3, -0.25) is 4.79 Å². The minimum absolute atomic E-state index is 0.813. The molecule has 0 aromatic rings. The Morgan fingerprint density at radius 1 is 1.40 bits per heavy atom. The molecule has 0 aliphatic heterocycles. The van der Waals surface area contributed by atoms with E-state index in [1.54, 1.807) is 5.32 Å². The second kappa shape index (κ2) is 5.01. The zero-order valence-corrected chi connectivity index (χ0v) is 8.42. The van der Waals surface area contributed by atoms with Crippen LogP contribution in [0.1, 0.15) is 6.92 Å². The van der Waals surface area contributed by atoms with E-state index in [9.17, 15) is 26.8 Å². The molecule has 0 fully saturated rings. The van der Waals surface area contributed by atoms with Gasteiger partial charge in [0.2, 0.25) is 15.7 Å². The van der Waals surface area contributed by atoms with Crippen LogP contribution in [-0.4, -0.2) is 43.0 Å². The largest absolute Gasteiger partial charge is 0.480 e. The van der Waals surface area contributed by atoms with Gasteiger partial charge in [-0.15, -0.1) is 0 Å². The van der Waals surface area contributed by atoms with Crippen molar-refractivity contribution in [1.82, 2.24) is 5.32 Å². The summed E-state index contributed by atoms with van der Waals surface area (Å²) in [5.41, 5.74) is 0. The van der Waals surface area contributed by atoms with Crippen LogP contribution in [0.15, 0.2) is 0 Å². The lowest BCUT2D eigenvalue weighted by Gasteiger charge is -2.12. The first-order valence-corrected chi connectivity index (χ1v) is 5.38. The van der Waals surface area contributed by atoms with E-state index in [0.717, 1.165) is 6.92 Å². The van der Waals surface area contributed by atoms with Crippen LogP contribution in [-0.2, 0) is 19.4 Å². The summed E-state index contributed by atoms with van der Waals surface area (Å²) in [7, 11) is -4.82. The van der Waals surface area contributed by atoms with E-state index < -0.39 is 39.3 Å². The molecular weight excluding hydrogens is 236 g/mol. The van der Waals surface area contributed by atoms with Crippen molar-refractivity contribution in [3.8, 4) is 0 Å². The average molecular weight is 245 g/mol. The summed E-state index contributed by atoms with van der Waals surface area (Å²) in [5.74, 6) is -7.49. The van der Waals surface area contributed by atoms with Crippen LogP contribution in [0.25, 0.3) is 0 Å². The summed E-state index contributed by atoms with van der Waals surface area (Å²) in [6.45, 7) is 0.949. The predicted molar refractivity (Wildman–Crippen MR) is 45.0 cm³/mol. The normalized spacial score (nSPS) is 13.6. The Morgan fingerprint density at radius 3 is 2.13 bits per heavy atom. The van der Waals surface area contributed by atoms with E-state index in [4.69, 9.17) is 5.11 Å². The molecule has 88 valence electrons. The van der Waals surface area contributed by atoms with Crippen LogP contribution in [0.4, 0.5) is 8.78 Å². The summed E-state index contributed by atoms with van der Waals surface area (Å²) in [6, 6.07) is -1.86. The first-order valence-electron chi connectivity index (χ1n) is 3.66. The van der Waals surface area contributed by atoms with Gasteiger partial charge in [0.15, 0.2) is 0 Å². The number of carboxylic acids is 1. The number of hydrogen-bond acceptors (Lipinski definition) is 4. The number of carbonyl (C=O) groups excluding carboxylic acids is 1. The second-order valence-corrected chi connectivity index (χ2v) is 4.70. The number of aliphatic carboxylic acids is 1. The van der Waals surface area contributed by atoms with Crippen LogP contribution >= 0.6 is 0 Å². The molecule has 0 bridgehead atoms. The minimum Gasteiger partial charge on any atom is -0.480 e. The van der Waals surface area contributed by atoms with Crippen molar-refractivity contribution in [2.24, 2.45) is 0 Å². The molecule has 0 rings (SSSR count). The number of halogens is 2. The smallest absolute Gasteiger partial charge is 0.336 e. The summed E-state index contributed by atoms with van der Waals surface area (Å²) in [5, 5.41) is 10.2. The van der Waals surface area contributed by atoms with Crippen LogP contribution in [0.5, 0.6) is 0 Å². The molecule has 0 aromatic heterocycles.